The zero-order valence-corrected chi connectivity index (χ0v) is 22.1. The van der Waals surface area contributed by atoms with Gasteiger partial charge in [0.05, 0.1) is 30.5 Å². The second-order valence-corrected chi connectivity index (χ2v) is 9.68. The summed E-state index contributed by atoms with van der Waals surface area (Å²) in [5, 5.41) is 10.2. The normalized spacial score (nSPS) is 17.1. The maximum Gasteiger partial charge on any atom is 0.191 e. The Morgan fingerprint density at radius 3 is 2.52 bits per heavy atom. The molecule has 8 heteroatoms. The molecule has 1 atom stereocenters. The summed E-state index contributed by atoms with van der Waals surface area (Å²) in [4.78, 5) is 12.2. The minimum Gasteiger partial charge on any atom is -0.379 e. The van der Waals surface area contributed by atoms with E-state index < -0.39 is 0 Å². The Hall–Kier alpha value is -0.450. The lowest BCUT2D eigenvalue weighted by atomic mass is 9.93. The van der Waals surface area contributed by atoms with Gasteiger partial charge in [-0.1, -0.05) is 34.6 Å². The Kier molecular flexibility index (Phi) is 12.0. The zero-order valence-electron chi connectivity index (χ0n) is 19.0. The van der Waals surface area contributed by atoms with Crippen LogP contribution in [0.15, 0.2) is 10.4 Å². The number of hydrogen-bond acceptors (Lipinski definition) is 5. The lowest BCUT2D eigenvalue weighted by molar-refractivity contribution is 0.00867. The van der Waals surface area contributed by atoms with E-state index in [1.807, 2.05) is 0 Å². The third-order valence-electron chi connectivity index (χ3n) is 5.02. The van der Waals surface area contributed by atoms with Gasteiger partial charge in [0.2, 0.25) is 0 Å². The number of halogens is 1. The van der Waals surface area contributed by atoms with Crippen LogP contribution >= 0.6 is 35.3 Å². The fourth-order valence-electron chi connectivity index (χ4n) is 3.24. The van der Waals surface area contributed by atoms with E-state index in [0.717, 1.165) is 58.3 Å². The monoisotopic (exact) mass is 537 g/mol. The molecular formula is C21H40IN5OS. The average Bonchev–Trinajstić information content (AvgIpc) is 3.12. The molecule has 0 saturated carbocycles. The zero-order chi connectivity index (χ0) is 20.6. The summed E-state index contributed by atoms with van der Waals surface area (Å²) in [5.74, 6) is 1.46. The molecule has 2 heterocycles. The van der Waals surface area contributed by atoms with Gasteiger partial charge in [0.1, 0.15) is 0 Å². The summed E-state index contributed by atoms with van der Waals surface area (Å²) >= 11 is 1.75. The molecule has 1 unspecified atom stereocenters. The number of nitrogens with zero attached hydrogens (tertiary/aromatic N) is 3. The van der Waals surface area contributed by atoms with Gasteiger partial charge in [0, 0.05) is 49.4 Å². The standard InChI is InChI=1S/C21H39N5OS.HI/c1-7-22-20(23-9-8-19-25-18(15-28-19)21(4,5)6)24-14-17(16(2)3)26-10-12-27-13-11-26;/h15-17H,7-14H2,1-6H3,(H2,22,23,24);1H. The van der Waals surface area contributed by atoms with Crippen LogP contribution in [0.25, 0.3) is 0 Å². The Morgan fingerprint density at radius 2 is 1.97 bits per heavy atom. The van der Waals surface area contributed by atoms with Crippen LogP contribution in [0.5, 0.6) is 0 Å². The van der Waals surface area contributed by atoms with Crippen molar-refractivity contribution in [3.8, 4) is 0 Å². The number of hydrogen-bond donors (Lipinski definition) is 2. The van der Waals surface area contributed by atoms with Crippen LogP contribution in [-0.4, -0.2) is 67.8 Å². The first-order valence-corrected chi connectivity index (χ1v) is 11.5. The molecule has 1 aliphatic rings. The number of morpholine rings is 1. The van der Waals surface area contributed by atoms with Crippen molar-refractivity contribution in [3.63, 3.8) is 0 Å². The van der Waals surface area contributed by atoms with E-state index in [-0.39, 0.29) is 29.4 Å². The van der Waals surface area contributed by atoms with Gasteiger partial charge in [-0.05, 0) is 12.8 Å². The molecule has 0 radical (unpaired) electrons. The van der Waals surface area contributed by atoms with Crippen LogP contribution in [0.4, 0.5) is 0 Å². The molecule has 1 fully saturated rings. The summed E-state index contributed by atoms with van der Waals surface area (Å²) in [5.41, 5.74) is 1.29. The highest BCUT2D eigenvalue weighted by molar-refractivity contribution is 14.0. The number of nitrogens with one attached hydrogen (secondary N) is 2. The third kappa shape index (κ3) is 9.06. The van der Waals surface area contributed by atoms with Crippen molar-refractivity contribution in [2.24, 2.45) is 10.9 Å². The smallest absolute Gasteiger partial charge is 0.191 e. The van der Waals surface area contributed by atoms with E-state index >= 15 is 0 Å². The number of aromatic nitrogens is 1. The molecule has 2 rings (SSSR count). The molecule has 2 N–H and O–H groups in total. The molecule has 1 aromatic heterocycles. The van der Waals surface area contributed by atoms with E-state index in [4.69, 9.17) is 14.7 Å². The van der Waals surface area contributed by atoms with Crippen LogP contribution in [-0.2, 0) is 16.6 Å². The van der Waals surface area contributed by atoms with E-state index in [1.165, 1.54) is 10.7 Å². The van der Waals surface area contributed by atoms with Crippen LogP contribution in [0, 0.1) is 5.92 Å². The van der Waals surface area contributed by atoms with Crippen molar-refractivity contribution in [2.45, 2.75) is 59.4 Å². The Balaban J connectivity index is 0.00000420. The van der Waals surface area contributed by atoms with Crippen molar-refractivity contribution in [1.29, 1.82) is 0 Å². The van der Waals surface area contributed by atoms with Crippen molar-refractivity contribution >= 4 is 41.3 Å². The molecule has 6 nitrogen and oxygen atoms in total. The average molecular weight is 538 g/mol. The molecule has 1 aliphatic heterocycles. The predicted octanol–water partition coefficient (Wildman–Crippen LogP) is 3.51. The van der Waals surface area contributed by atoms with Crippen molar-refractivity contribution in [1.82, 2.24) is 20.5 Å². The van der Waals surface area contributed by atoms with Crippen LogP contribution in [0.2, 0.25) is 0 Å². The highest BCUT2D eigenvalue weighted by Gasteiger charge is 2.23. The Bertz CT molecular complexity index is 608. The fourth-order valence-corrected chi connectivity index (χ4v) is 4.27. The van der Waals surface area contributed by atoms with Gasteiger partial charge in [-0.15, -0.1) is 35.3 Å². The second kappa shape index (κ2) is 13.1. The summed E-state index contributed by atoms with van der Waals surface area (Å²) in [7, 11) is 0. The molecule has 1 aromatic rings. The topological polar surface area (TPSA) is 61.8 Å². The lowest BCUT2D eigenvalue weighted by Gasteiger charge is -2.36. The third-order valence-corrected chi connectivity index (χ3v) is 5.93. The number of rotatable bonds is 8. The summed E-state index contributed by atoms with van der Waals surface area (Å²) in [6.45, 7) is 19.5. The fraction of sp³-hybridized carbons (Fsp3) is 0.810. The van der Waals surface area contributed by atoms with Gasteiger partial charge >= 0.3 is 0 Å². The minimum atomic E-state index is 0. The van der Waals surface area contributed by atoms with Gasteiger partial charge in [-0.2, -0.15) is 0 Å². The summed E-state index contributed by atoms with van der Waals surface area (Å²) in [6, 6.07) is 0.452. The van der Waals surface area contributed by atoms with Gasteiger partial charge in [-0.25, -0.2) is 4.98 Å². The largest absolute Gasteiger partial charge is 0.379 e. The Morgan fingerprint density at radius 1 is 1.28 bits per heavy atom. The second-order valence-electron chi connectivity index (χ2n) is 8.73. The molecule has 0 aromatic carbocycles. The number of guanidine groups is 1. The van der Waals surface area contributed by atoms with E-state index in [0.29, 0.717) is 12.0 Å². The summed E-state index contributed by atoms with van der Waals surface area (Å²) < 4.78 is 5.50. The maximum absolute atomic E-state index is 5.50. The minimum absolute atomic E-state index is 0. The lowest BCUT2D eigenvalue weighted by Crippen LogP contribution is -2.48. The van der Waals surface area contributed by atoms with Gasteiger partial charge in [0.25, 0.3) is 0 Å². The first-order chi connectivity index (χ1) is 13.3. The summed E-state index contributed by atoms with van der Waals surface area (Å²) in [6.07, 6.45) is 0.919. The molecule has 168 valence electrons. The number of ether oxygens (including phenoxy) is 1. The molecule has 0 bridgehead atoms. The SMILES string of the molecule is CCNC(=NCC(C(C)C)N1CCOCC1)NCCc1nc(C(C)(C)C)cs1.I. The van der Waals surface area contributed by atoms with Gasteiger partial charge in [0.15, 0.2) is 5.96 Å². The Labute approximate surface area is 198 Å². The number of aliphatic imine (C=N–C) groups is 1. The molecule has 0 amide bonds. The molecule has 0 aliphatic carbocycles. The maximum atomic E-state index is 5.50. The quantitative estimate of drug-likeness (QED) is 0.302. The van der Waals surface area contributed by atoms with E-state index in [9.17, 15) is 0 Å². The van der Waals surface area contributed by atoms with Crippen molar-refractivity contribution in [2.75, 3.05) is 45.9 Å². The van der Waals surface area contributed by atoms with E-state index in [1.54, 1.807) is 11.3 Å². The predicted molar refractivity (Wildman–Crippen MR) is 135 cm³/mol. The molecule has 1 saturated heterocycles. The highest BCUT2D eigenvalue weighted by atomic mass is 127. The van der Waals surface area contributed by atoms with Crippen LogP contribution in [0.1, 0.15) is 52.2 Å². The van der Waals surface area contributed by atoms with Gasteiger partial charge < -0.3 is 15.4 Å². The molecule has 0 spiro atoms. The first kappa shape index (κ1) is 26.6. The van der Waals surface area contributed by atoms with Gasteiger partial charge in [-0.3, -0.25) is 9.89 Å². The van der Waals surface area contributed by atoms with Crippen LogP contribution in [0.3, 0.4) is 0 Å². The first-order valence-electron chi connectivity index (χ1n) is 10.6. The highest BCUT2D eigenvalue weighted by Crippen LogP contribution is 2.23. The van der Waals surface area contributed by atoms with Crippen molar-refractivity contribution in [3.05, 3.63) is 16.1 Å². The van der Waals surface area contributed by atoms with Crippen molar-refractivity contribution < 1.29 is 4.74 Å². The number of thiazole rings is 1. The van der Waals surface area contributed by atoms with E-state index in [2.05, 4.69) is 62.5 Å². The van der Waals surface area contributed by atoms with Crippen LogP contribution < -0.4 is 10.6 Å². The molecule has 29 heavy (non-hydrogen) atoms. The molecular weight excluding hydrogens is 497 g/mol.